The second-order valence-corrected chi connectivity index (χ2v) is 8.60. The van der Waals surface area contributed by atoms with Crippen LogP contribution in [0.15, 0.2) is 35.3 Å². The number of carbonyl (C=O) groups excluding carboxylic acids is 1. The van der Waals surface area contributed by atoms with E-state index in [4.69, 9.17) is 10.7 Å². The minimum atomic E-state index is -0.139. The summed E-state index contributed by atoms with van der Waals surface area (Å²) in [6.45, 7) is 12.1. The second-order valence-electron chi connectivity index (χ2n) is 8.60. The van der Waals surface area contributed by atoms with Crippen LogP contribution in [0.2, 0.25) is 0 Å². The summed E-state index contributed by atoms with van der Waals surface area (Å²) < 4.78 is 0. The molecule has 1 aromatic carbocycles. The fraction of sp³-hybridized carbons (Fsp3) is 0.652. The van der Waals surface area contributed by atoms with Crippen LogP contribution in [0, 0.1) is 5.92 Å². The molecule has 1 heterocycles. The standard InChI is InChI=1S/C23H39N5O.HI/c1-4-25-22(27-18-23(2,3)20-10-6-5-7-11-20)26-14-8-9-15-28-16-12-19(13-17-28)21(24)29;/h5-7,10-11,19H,4,8-9,12-18H2,1-3H3,(H2,24,29)(H2,25,26,27);1H. The molecule has 1 aromatic rings. The summed E-state index contributed by atoms with van der Waals surface area (Å²) in [6.07, 6.45) is 4.05. The maximum Gasteiger partial charge on any atom is 0.220 e. The van der Waals surface area contributed by atoms with Crippen LogP contribution in [-0.4, -0.2) is 56.0 Å². The number of guanidine groups is 1. The van der Waals surface area contributed by atoms with Gasteiger partial charge in [-0.25, -0.2) is 0 Å². The molecule has 4 N–H and O–H groups in total. The Bertz CT molecular complexity index is 642. The third-order valence-corrected chi connectivity index (χ3v) is 5.72. The summed E-state index contributed by atoms with van der Waals surface area (Å²) in [5.74, 6) is 0.824. The molecule has 30 heavy (non-hydrogen) atoms. The van der Waals surface area contributed by atoms with E-state index in [9.17, 15) is 4.79 Å². The molecular weight excluding hydrogens is 489 g/mol. The van der Waals surface area contributed by atoms with Crippen LogP contribution in [0.4, 0.5) is 0 Å². The molecule has 7 heteroatoms. The first kappa shape index (κ1) is 26.7. The molecule has 0 bridgehead atoms. The van der Waals surface area contributed by atoms with Crippen molar-refractivity contribution in [3.8, 4) is 0 Å². The van der Waals surface area contributed by atoms with Crippen molar-refractivity contribution in [3.63, 3.8) is 0 Å². The molecule has 0 aromatic heterocycles. The number of nitrogens with zero attached hydrogens (tertiary/aromatic N) is 2. The van der Waals surface area contributed by atoms with Gasteiger partial charge in [0, 0.05) is 24.4 Å². The number of amides is 1. The van der Waals surface area contributed by atoms with Gasteiger partial charge in [0.15, 0.2) is 5.96 Å². The first-order chi connectivity index (χ1) is 13.9. The Labute approximate surface area is 199 Å². The minimum Gasteiger partial charge on any atom is -0.369 e. The number of primary amides is 1. The summed E-state index contributed by atoms with van der Waals surface area (Å²) >= 11 is 0. The first-order valence-electron chi connectivity index (χ1n) is 11.0. The minimum absolute atomic E-state index is 0. The van der Waals surface area contributed by atoms with E-state index in [-0.39, 0.29) is 41.2 Å². The van der Waals surface area contributed by atoms with Gasteiger partial charge in [-0.05, 0) is 57.8 Å². The van der Waals surface area contributed by atoms with Crippen LogP contribution < -0.4 is 16.4 Å². The number of nitrogens with one attached hydrogen (secondary N) is 2. The maximum absolute atomic E-state index is 11.3. The lowest BCUT2D eigenvalue weighted by Crippen LogP contribution is -2.40. The third-order valence-electron chi connectivity index (χ3n) is 5.72. The van der Waals surface area contributed by atoms with Gasteiger partial charge in [0.1, 0.15) is 0 Å². The topological polar surface area (TPSA) is 82.8 Å². The number of benzene rings is 1. The highest BCUT2D eigenvalue weighted by Gasteiger charge is 2.22. The van der Waals surface area contributed by atoms with Crippen LogP contribution >= 0.6 is 24.0 Å². The Morgan fingerprint density at radius 3 is 2.43 bits per heavy atom. The summed E-state index contributed by atoms with van der Waals surface area (Å²) in [4.78, 5) is 18.5. The molecule has 1 saturated heterocycles. The van der Waals surface area contributed by atoms with E-state index in [1.54, 1.807) is 0 Å². The zero-order valence-electron chi connectivity index (χ0n) is 18.8. The van der Waals surface area contributed by atoms with E-state index >= 15 is 0 Å². The SMILES string of the molecule is CCNC(=NCC(C)(C)c1ccccc1)NCCCCN1CCC(C(N)=O)CC1.I. The van der Waals surface area contributed by atoms with Gasteiger partial charge in [-0.1, -0.05) is 44.2 Å². The zero-order valence-corrected chi connectivity index (χ0v) is 21.2. The van der Waals surface area contributed by atoms with Crippen molar-refractivity contribution in [1.29, 1.82) is 0 Å². The number of piperidine rings is 1. The molecule has 1 aliphatic heterocycles. The largest absolute Gasteiger partial charge is 0.369 e. The van der Waals surface area contributed by atoms with Crippen molar-refractivity contribution >= 4 is 35.8 Å². The molecule has 0 saturated carbocycles. The molecule has 1 aliphatic rings. The number of rotatable bonds is 10. The third kappa shape index (κ3) is 9.20. The van der Waals surface area contributed by atoms with Crippen molar-refractivity contribution in [2.45, 2.75) is 51.9 Å². The average molecular weight is 530 g/mol. The molecule has 1 fully saturated rings. The number of carbonyl (C=O) groups is 1. The van der Waals surface area contributed by atoms with Crippen LogP contribution in [0.1, 0.15) is 52.0 Å². The first-order valence-corrected chi connectivity index (χ1v) is 11.0. The lowest BCUT2D eigenvalue weighted by atomic mass is 9.85. The zero-order chi connectivity index (χ0) is 21.1. The summed E-state index contributed by atoms with van der Waals surface area (Å²) in [5, 5.41) is 6.81. The molecule has 0 spiro atoms. The van der Waals surface area contributed by atoms with Crippen LogP contribution in [0.5, 0.6) is 0 Å². The lowest BCUT2D eigenvalue weighted by Gasteiger charge is -2.30. The molecule has 0 atom stereocenters. The van der Waals surface area contributed by atoms with E-state index in [2.05, 4.69) is 66.6 Å². The van der Waals surface area contributed by atoms with Gasteiger partial charge < -0.3 is 21.3 Å². The quantitative estimate of drug-likeness (QED) is 0.188. The molecule has 2 rings (SSSR count). The molecule has 170 valence electrons. The van der Waals surface area contributed by atoms with Gasteiger partial charge in [0.05, 0.1) is 6.54 Å². The number of likely N-dealkylation sites (tertiary alicyclic amines) is 1. The van der Waals surface area contributed by atoms with E-state index in [1.165, 1.54) is 5.56 Å². The highest BCUT2D eigenvalue weighted by molar-refractivity contribution is 14.0. The molecule has 1 amide bonds. The number of hydrogen-bond donors (Lipinski definition) is 3. The monoisotopic (exact) mass is 529 g/mol. The van der Waals surface area contributed by atoms with Crippen molar-refractivity contribution < 1.29 is 4.79 Å². The van der Waals surface area contributed by atoms with Crippen LogP contribution in [-0.2, 0) is 10.2 Å². The molecular formula is C23H40IN5O. The van der Waals surface area contributed by atoms with Crippen molar-refractivity contribution in [1.82, 2.24) is 15.5 Å². The highest BCUT2D eigenvalue weighted by atomic mass is 127. The predicted octanol–water partition coefficient (Wildman–Crippen LogP) is 3.11. The second kappa shape index (κ2) is 13.9. The van der Waals surface area contributed by atoms with Crippen LogP contribution in [0.25, 0.3) is 0 Å². The summed E-state index contributed by atoms with van der Waals surface area (Å²) in [5.41, 5.74) is 6.71. The maximum atomic E-state index is 11.3. The van der Waals surface area contributed by atoms with Gasteiger partial charge in [-0.2, -0.15) is 0 Å². The van der Waals surface area contributed by atoms with Gasteiger partial charge >= 0.3 is 0 Å². The normalized spacial score (nSPS) is 16.0. The van der Waals surface area contributed by atoms with E-state index in [0.717, 1.165) is 70.9 Å². The Morgan fingerprint density at radius 2 is 1.83 bits per heavy atom. The Kier molecular flexibility index (Phi) is 12.3. The van der Waals surface area contributed by atoms with Gasteiger partial charge in [-0.15, -0.1) is 24.0 Å². The fourth-order valence-electron chi connectivity index (χ4n) is 3.71. The number of halogens is 1. The number of nitrogens with two attached hydrogens (primary N) is 1. The smallest absolute Gasteiger partial charge is 0.220 e. The Hall–Kier alpha value is -1.35. The lowest BCUT2D eigenvalue weighted by molar-refractivity contribution is -0.123. The van der Waals surface area contributed by atoms with E-state index in [1.807, 2.05) is 0 Å². The highest BCUT2D eigenvalue weighted by Crippen LogP contribution is 2.23. The number of aliphatic imine (C=N–C) groups is 1. The van der Waals surface area contributed by atoms with Gasteiger partial charge in [0.25, 0.3) is 0 Å². The fourth-order valence-corrected chi connectivity index (χ4v) is 3.71. The molecule has 6 nitrogen and oxygen atoms in total. The Morgan fingerprint density at radius 1 is 1.17 bits per heavy atom. The number of hydrogen-bond acceptors (Lipinski definition) is 3. The summed E-state index contributed by atoms with van der Waals surface area (Å²) in [7, 11) is 0. The van der Waals surface area contributed by atoms with E-state index < -0.39 is 0 Å². The van der Waals surface area contributed by atoms with E-state index in [0.29, 0.717) is 0 Å². The molecule has 0 unspecified atom stereocenters. The van der Waals surface area contributed by atoms with Crippen LogP contribution in [0.3, 0.4) is 0 Å². The summed E-state index contributed by atoms with van der Waals surface area (Å²) in [6, 6.07) is 10.6. The van der Waals surface area contributed by atoms with Crippen molar-refractivity contribution in [2.24, 2.45) is 16.6 Å². The number of unbranched alkanes of at least 4 members (excludes halogenated alkanes) is 1. The van der Waals surface area contributed by atoms with Gasteiger partial charge in [-0.3, -0.25) is 9.79 Å². The molecule has 0 radical (unpaired) electrons. The molecule has 0 aliphatic carbocycles. The Balaban J connectivity index is 0.00000450. The van der Waals surface area contributed by atoms with Crippen molar-refractivity contribution in [2.75, 3.05) is 39.3 Å². The van der Waals surface area contributed by atoms with Crippen molar-refractivity contribution in [3.05, 3.63) is 35.9 Å². The average Bonchev–Trinajstić information content (AvgIpc) is 2.72. The predicted molar refractivity (Wildman–Crippen MR) is 136 cm³/mol. The van der Waals surface area contributed by atoms with Gasteiger partial charge in [0.2, 0.25) is 5.91 Å².